The lowest BCUT2D eigenvalue weighted by Gasteiger charge is -2.32. The maximum atomic E-state index is 4.60. The van der Waals surface area contributed by atoms with Crippen molar-refractivity contribution in [3.63, 3.8) is 0 Å². The molecule has 98 valence electrons. The van der Waals surface area contributed by atoms with Crippen LogP contribution in [0.1, 0.15) is 0 Å². The van der Waals surface area contributed by atoms with E-state index in [1.165, 1.54) is 0 Å². The fourth-order valence-corrected chi connectivity index (χ4v) is 2.76. The maximum Gasteiger partial charge on any atom is 0.146 e. The van der Waals surface area contributed by atoms with Gasteiger partial charge in [-0.2, -0.15) is 0 Å². The normalized spacial score (nSPS) is 18.9. The first-order valence-electron chi connectivity index (χ1n) is 6.04. The third-order valence-electron chi connectivity index (χ3n) is 3.06. The zero-order chi connectivity index (χ0) is 13.2. The molecule has 1 aliphatic heterocycles. The van der Waals surface area contributed by atoms with Crippen LogP contribution in [0.5, 0.6) is 0 Å². The van der Waals surface area contributed by atoms with Gasteiger partial charge in [0.15, 0.2) is 0 Å². The second-order valence-electron chi connectivity index (χ2n) is 4.29. The highest BCUT2D eigenvalue weighted by molar-refractivity contribution is 9.10. The summed E-state index contributed by atoms with van der Waals surface area (Å²) in [5.74, 6) is 0. The van der Waals surface area contributed by atoms with Crippen LogP contribution in [-0.2, 0) is 0 Å². The minimum absolute atomic E-state index is 0.0265. The van der Waals surface area contributed by atoms with Crippen molar-refractivity contribution in [1.82, 2.24) is 5.32 Å². The van der Waals surface area contributed by atoms with Gasteiger partial charge in [-0.1, -0.05) is 34.1 Å². The van der Waals surface area contributed by atoms with Crippen LogP contribution >= 0.6 is 28.6 Å². The smallest absolute Gasteiger partial charge is 0.146 e. The Hall–Kier alpha value is -1.17. The maximum absolute atomic E-state index is 4.60. The van der Waals surface area contributed by atoms with Gasteiger partial charge in [0.05, 0.1) is 18.0 Å². The van der Waals surface area contributed by atoms with Crippen molar-refractivity contribution >= 4 is 39.9 Å². The lowest BCUT2D eigenvalue weighted by molar-refractivity contribution is 0.805. The van der Waals surface area contributed by atoms with Gasteiger partial charge in [-0.3, -0.25) is 15.3 Å². The van der Waals surface area contributed by atoms with Crippen LogP contribution in [0.4, 0.5) is 11.4 Å². The van der Waals surface area contributed by atoms with E-state index < -0.39 is 0 Å². The van der Waals surface area contributed by atoms with E-state index in [1.54, 1.807) is 0 Å². The summed E-state index contributed by atoms with van der Waals surface area (Å²) in [6, 6.07) is 18.5. The molecule has 3 nitrogen and oxygen atoms in total. The standard InChI is InChI=1S/C14H14BrN3S/c15-11-6-8-13(9-7-11)18-14(19)16-10-17(18)12-4-2-1-3-5-12/h1-9,14,16,19H,10H2. The van der Waals surface area contributed by atoms with Gasteiger partial charge < -0.3 is 0 Å². The van der Waals surface area contributed by atoms with E-state index in [-0.39, 0.29) is 5.50 Å². The van der Waals surface area contributed by atoms with E-state index >= 15 is 0 Å². The molecular formula is C14H14BrN3S. The molecule has 2 aromatic carbocycles. The molecule has 1 unspecified atom stereocenters. The van der Waals surface area contributed by atoms with Gasteiger partial charge in [-0.05, 0) is 36.4 Å². The van der Waals surface area contributed by atoms with Gasteiger partial charge in [-0.15, -0.1) is 12.6 Å². The highest BCUT2D eigenvalue weighted by Gasteiger charge is 2.29. The third-order valence-corrected chi connectivity index (χ3v) is 3.99. The Balaban J connectivity index is 1.95. The van der Waals surface area contributed by atoms with Crippen molar-refractivity contribution in [1.29, 1.82) is 0 Å². The minimum atomic E-state index is -0.0265. The number of nitrogens with zero attached hydrogens (tertiary/aromatic N) is 2. The van der Waals surface area contributed by atoms with E-state index in [0.717, 1.165) is 22.5 Å². The van der Waals surface area contributed by atoms with Gasteiger partial charge >= 0.3 is 0 Å². The lowest BCUT2D eigenvalue weighted by atomic mass is 10.3. The van der Waals surface area contributed by atoms with E-state index in [2.05, 4.69) is 68.2 Å². The molecule has 1 atom stereocenters. The minimum Gasteiger partial charge on any atom is -0.269 e. The first-order chi connectivity index (χ1) is 9.25. The molecule has 2 aromatic rings. The summed E-state index contributed by atoms with van der Waals surface area (Å²) >= 11 is 8.06. The van der Waals surface area contributed by atoms with Gasteiger partial charge in [0.25, 0.3) is 0 Å². The second kappa shape index (κ2) is 5.45. The van der Waals surface area contributed by atoms with Crippen molar-refractivity contribution < 1.29 is 0 Å². The third kappa shape index (κ3) is 2.59. The molecule has 0 saturated carbocycles. The molecule has 0 aliphatic carbocycles. The van der Waals surface area contributed by atoms with Gasteiger partial charge in [0, 0.05) is 4.47 Å². The molecule has 1 saturated heterocycles. The predicted molar refractivity (Wildman–Crippen MR) is 86.3 cm³/mol. The molecule has 1 heterocycles. The van der Waals surface area contributed by atoms with Crippen molar-refractivity contribution in [2.75, 3.05) is 16.7 Å². The number of hydrogen-bond acceptors (Lipinski definition) is 4. The molecular weight excluding hydrogens is 322 g/mol. The fraction of sp³-hybridized carbons (Fsp3) is 0.143. The van der Waals surface area contributed by atoms with Crippen molar-refractivity contribution in [2.24, 2.45) is 0 Å². The lowest BCUT2D eigenvalue weighted by Crippen LogP contribution is -2.40. The zero-order valence-corrected chi connectivity index (χ0v) is 12.7. The van der Waals surface area contributed by atoms with Crippen molar-refractivity contribution in [3.8, 4) is 0 Å². The molecule has 1 aliphatic rings. The Morgan fingerprint density at radius 1 is 1.00 bits per heavy atom. The molecule has 0 amide bonds. The molecule has 0 bridgehead atoms. The van der Waals surface area contributed by atoms with Crippen LogP contribution in [0.3, 0.4) is 0 Å². The highest BCUT2D eigenvalue weighted by Crippen LogP contribution is 2.29. The van der Waals surface area contributed by atoms with Crippen LogP contribution in [0, 0.1) is 0 Å². The Labute approximate surface area is 126 Å². The zero-order valence-electron chi connectivity index (χ0n) is 10.2. The molecule has 0 radical (unpaired) electrons. The monoisotopic (exact) mass is 335 g/mol. The summed E-state index contributed by atoms with van der Waals surface area (Å²) in [4.78, 5) is 0. The first kappa shape index (κ1) is 12.8. The Bertz CT molecular complexity index is 546. The van der Waals surface area contributed by atoms with Crippen LogP contribution in [0.25, 0.3) is 0 Å². The SMILES string of the molecule is SC1NCN(c2ccccc2)N1c1ccc(Br)cc1. The summed E-state index contributed by atoms with van der Waals surface area (Å²) in [5, 5.41) is 7.66. The van der Waals surface area contributed by atoms with Crippen LogP contribution in [0.2, 0.25) is 0 Å². The number of benzene rings is 2. The van der Waals surface area contributed by atoms with Crippen molar-refractivity contribution in [2.45, 2.75) is 5.50 Å². The Morgan fingerprint density at radius 3 is 2.37 bits per heavy atom. The number of hydrogen-bond donors (Lipinski definition) is 2. The number of anilines is 2. The molecule has 0 spiro atoms. The van der Waals surface area contributed by atoms with Gasteiger partial charge in [0.2, 0.25) is 0 Å². The predicted octanol–water partition coefficient (Wildman–Crippen LogP) is 3.45. The topological polar surface area (TPSA) is 18.5 Å². The Morgan fingerprint density at radius 2 is 1.68 bits per heavy atom. The molecule has 3 rings (SSSR count). The average Bonchev–Trinajstić information content (AvgIpc) is 2.83. The van der Waals surface area contributed by atoms with Gasteiger partial charge in [-0.25, -0.2) is 0 Å². The Kier molecular flexibility index (Phi) is 3.68. The number of nitrogens with one attached hydrogen (secondary N) is 1. The first-order valence-corrected chi connectivity index (χ1v) is 7.35. The number of rotatable bonds is 2. The molecule has 5 heteroatoms. The second-order valence-corrected chi connectivity index (χ2v) is 5.70. The highest BCUT2D eigenvalue weighted by atomic mass is 79.9. The number of hydrazine groups is 1. The number of para-hydroxylation sites is 1. The molecule has 19 heavy (non-hydrogen) atoms. The van der Waals surface area contributed by atoms with Crippen LogP contribution < -0.4 is 15.3 Å². The fourth-order valence-electron chi connectivity index (χ4n) is 2.15. The number of thiol groups is 1. The van der Waals surface area contributed by atoms with E-state index in [1.807, 2.05) is 30.3 Å². The summed E-state index contributed by atoms with van der Waals surface area (Å²) in [6.45, 7) is 0.744. The molecule has 1 N–H and O–H groups in total. The summed E-state index contributed by atoms with van der Waals surface area (Å²) < 4.78 is 1.07. The largest absolute Gasteiger partial charge is 0.269 e. The molecule has 0 aromatic heterocycles. The average molecular weight is 336 g/mol. The van der Waals surface area contributed by atoms with Crippen molar-refractivity contribution in [3.05, 3.63) is 59.1 Å². The quantitative estimate of drug-likeness (QED) is 0.819. The van der Waals surface area contributed by atoms with Gasteiger partial charge in [0.1, 0.15) is 5.50 Å². The van der Waals surface area contributed by atoms with Crippen LogP contribution in [0.15, 0.2) is 59.1 Å². The summed E-state index contributed by atoms with van der Waals surface area (Å²) in [6.07, 6.45) is 0. The summed E-state index contributed by atoms with van der Waals surface area (Å²) in [5.41, 5.74) is 2.23. The molecule has 1 fully saturated rings. The van der Waals surface area contributed by atoms with E-state index in [9.17, 15) is 0 Å². The summed E-state index contributed by atoms with van der Waals surface area (Å²) in [7, 11) is 0. The number of halogens is 1. The van der Waals surface area contributed by atoms with E-state index in [0.29, 0.717) is 0 Å². The van der Waals surface area contributed by atoms with Crippen LogP contribution in [-0.4, -0.2) is 12.2 Å². The van der Waals surface area contributed by atoms with E-state index in [4.69, 9.17) is 0 Å².